The Morgan fingerprint density at radius 3 is 2.50 bits per heavy atom. The zero-order valence-corrected chi connectivity index (χ0v) is 14.3. The zero-order chi connectivity index (χ0) is 17.4. The molecule has 126 valence electrons. The molecular formula is C19H23N3O2. The van der Waals surface area contributed by atoms with Gasteiger partial charge in [-0.25, -0.2) is 4.98 Å². The summed E-state index contributed by atoms with van der Waals surface area (Å²) in [5.41, 5.74) is 2.87. The van der Waals surface area contributed by atoms with Gasteiger partial charge in [0.25, 0.3) is 0 Å². The van der Waals surface area contributed by atoms with Gasteiger partial charge >= 0.3 is 0 Å². The fourth-order valence-electron chi connectivity index (χ4n) is 2.14. The molecule has 1 aromatic heterocycles. The van der Waals surface area contributed by atoms with Gasteiger partial charge in [-0.1, -0.05) is 17.7 Å². The van der Waals surface area contributed by atoms with Crippen LogP contribution >= 0.6 is 0 Å². The van der Waals surface area contributed by atoms with Gasteiger partial charge in [0.15, 0.2) is 0 Å². The van der Waals surface area contributed by atoms with E-state index < -0.39 is 0 Å². The van der Waals surface area contributed by atoms with Crippen molar-refractivity contribution < 1.29 is 9.53 Å². The summed E-state index contributed by atoms with van der Waals surface area (Å²) in [6, 6.07) is 11.7. The Hall–Kier alpha value is -2.82. The number of ether oxygens (including phenoxy) is 1. The molecule has 2 aromatic rings. The number of aromatic nitrogens is 1. The van der Waals surface area contributed by atoms with E-state index in [1.807, 2.05) is 38.1 Å². The molecule has 24 heavy (non-hydrogen) atoms. The number of anilines is 2. The van der Waals surface area contributed by atoms with Crippen LogP contribution in [0.25, 0.3) is 0 Å². The summed E-state index contributed by atoms with van der Waals surface area (Å²) < 4.78 is 5.14. The fraction of sp³-hybridized carbons (Fsp3) is 0.263. The monoisotopic (exact) mass is 325 g/mol. The average Bonchev–Trinajstić information content (AvgIpc) is 2.56. The van der Waals surface area contributed by atoms with Crippen LogP contribution in [0, 0.1) is 0 Å². The van der Waals surface area contributed by atoms with Gasteiger partial charge in [0.2, 0.25) is 5.91 Å². The Morgan fingerprint density at radius 2 is 1.92 bits per heavy atom. The van der Waals surface area contributed by atoms with Crippen LogP contribution < -0.4 is 15.4 Å². The molecule has 1 heterocycles. The van der Waals surface area contributed by atoms with Gasteiger partial charge in [0.1, 0.15) is 11.6 Å². The third-order valence-electron chi connectivity index (χ3n) is 3.33. The number of pyridine rings is 1. The van der Waals surface area contributed by atoms with E-state index in [2.05, 4.69) is 27.8 Å². The Labute approximate surface area is 142 Å². The number of carbonyl (C=O) groups excluding carboxylic acids is 1. The minimum Gasteiger partial charge on any atom is -0.497 e. The molecule has 0 radical (unpaired) electrons. The van der Waals surface area contributed by atoms with Crippen LogP contribution in [0.5, 0.6) is 5.75 Å². The van der Waals surface area contributed by atoms with Crippen molar-refractivity contribution in [3.8, 4) is 5.75 Å². The minimum absolute atomic E-state index is 0.142. The summed E-state index contributed by atoms with van der Waals surface area (Å²) in [6.07, 6.45) is 4.10. The maximum Gasteiger partial charge on any atom is 0.248 e. The molecule has 5 nitrogen and oxygen atoms in total. The number of rotatable bonds is 7. The third-order valence-corrected chi connectivity index (χ3v) is 3.33. The largest absolute Gasteiger partial charge is 0.497 e. The summed E-state index contributed by atoms with van der Waals surface area (Å²) in [6.45, 7) is 4.55. The lowest BCUT2D eigenvalue weighted by Crippen LogP contribution is -2.10. The molecule has 1 aromatic carbocycles. The second-order valence-corrected chi connectivity index (χ2v) is 5.67. The molecule has 0 aliphatic heterocycles. The van der Waals surface area contributed by atoms with E-state index in [1.165, 1.54) is 5.56 Å². The van der Waals surface area contributed by atoms with E-state index >= 15 is 0 Å². The number of amides is 1. The second-order valence-electron chi connectivity index (χ2n) is 5.67. The average molecular weight is 325 g/mol. The maximum absolute atomic E-state index is 11.6. The second kappa shape index (κ2) is 8.72. The summed E-state index contributed by atoms with van der Waals surface area (Å²) >= 11 is 0. The highest BCUT2D eigenvalue weighted by molar-refractivity contribution is 5.99. The molecule has 0 saturated carbocycles. The highest BCUT2D eigenvalue weighted by Crippen LogP contribution is 2.13. The Morgan fingerprint density at radius 1 is 1.17 bits per heavy atom. The first kappa shape index (κ1) is 17.5. The highest BCUT2D eigenvalue weighted by atomic mass is 16.5. The number of nitrogens with one attached hydrogen (secondary N) is 2. The molecule has 2 rings (SSSR count). The van der Waals surface area contributed by atoms with Crippen LogP contribution in [-0.4, -0.2) is 24.5 Å². The van der Waals surface area contributed by atoms with Crippen molar-refractivity contribution in [2.45, 2.75) is 20.3 Å². The number of methoxy groups -OCH3 is 1. The van der Waals surface area contributed by atoms with Crippen LogP contribution in [0.4, 0.5) is 11.5 Å². The van der Waals surface area contributed by atoms with Gasteiger partial charge in [0.05, 0.1) is 19.0 Å². The van der Waals surface area contributed by atoms with Crippen molar-refractivity contribution >= 4 is 17.4 Å². The van der Waals surface area contributed by atoms with E-state index in [9.17, 15) is 4.79 Å². The number of nitrogens with zero attached hydrogens (tertiary/aromatic N) is 1. The van der Waals surface area contributed by atoms with E-state index in [1.54, 1.807) is 19.4 Å². The minimum atomic E-state index is -0.142. The summed E-state index contributed by atoms with van der Waals surface area (Å²) in [5, 5.41) is 6.04. The van der Waals surface area contributed by atoms with E-state index in [0.29, 0.717) is 5.69 Å². The lowest BCUT2D eigenvalue weighted by Gasteiger charge is -2.08. The first-order valence-corrected chi connectivity index (χ1v) is 7.85. The maximum atomic E-state index is 11.6. The number of benzene rings is 1. The molecule has 0 atom stereocenters. The van der Waals surface area contributed by atoms with Crippen LogP contribution in [0.1, 0.15) is 19.4 Å². The van der Waals surface area contributed by atoms with Crippen molar-refractivity contribution in [3.05, 3.63) is 59.8 Å². The standard InChI is InChI=1S/C19H23N3O2/c1-14(2)12-19(23)22-16-6-9-18(21-13-16)20-11-10-15-4-7-17(24-3)8-5-15/h4-9,12-13H,10-11H2,1-3H3,(H,20,21)(H,22,23). The summed E-state index contributed by atoms with van der Waals surface area (Å²) in [4.78, 5) is 15.9. The van der Waals surface area contributed by atoms with E-state index in [4.69, 9.17) is 4.74 Å². The molecular weight excluding hydrogens is 302 g/mol. The lowest BCUT2D eigenvalue weighted by molar-refractivity contribution is -0.111. The van der Waals surface area contributed by atoms with Crippen molar-refractivity contribution in [2.24, 2.45) is 0 Å². The molecule has 0 aliphatic rings. The Balaban J connectivity index is 1.81. The molecule has 0 aliphatic carbocycles. The molecule has 0 bridgehead atoms. The third kappa shape index (κ3) is 5.76. The van der Waals surface area contributed by atoms with Crippen molar-refractivity contribution in [2.75, 3.05) is 24.3 Å². The van der Waals surface area contributed by atoms with Crippen molar-refractivity contribution in [1.82, 2.24) is 4.98 Å². The fourth-order valence-corrected chi connectivity index (χ4v) is 2.14. The van der Waals surface area contributed by atoms with E-state index in [0.717, 1.165) is 30.1 Å². The molecule has 1 amide bonds. The van der Waals surface area contributed by atoms with Gasteiger partial charge in [-0.15, -0.1) is 0 Å². The normalized spacial score (nSPS) is 9.96. The van der Waals surface area contributed by atoms with Crippen molar-refractivity contribution in [3.63, 3.8) is 0 Å². The molecule has 2 N–H and O–H groups in total. The molecule has 0 saturated heterocycles. The highest BCUT2D eigenvalue weighted by Gasteiger charge is 2.00. The number of hydrogen-bond donors (Lipinski definition) is 2. The summed E-state index contributed by atoms with van der Waals surface area (Å²) in [7, 11) is 1.66. The molecule has 0 spiro atoms. The summed E-state index contributed by atoms with van der Waals surface area (Å²) in [5.74, 6) is 1.50. The number of carbonyl (C=O) groups is 1. The SMILES string of the molecule is COc1ccc(CCNc2ccc(NC(=O)C=C(C)C)cn2)cc1. The number of hydrogen-bond acceptors (Lipinski definition) is 4. The molecule has 0 unspecified atom stereocenters. The molecule has 0 fully saturated rings. The van der Waals surface area contributed by atoms with Crippen LogP contribution in [0.3, 0.4) is 0 Å². The Bertz CT molecular complexity index is 688. The van der Waals surface area contributed by atoms with Crippen molar-refractivity contribution in [1.29, 1.82) is 0 Å². The predicted molar refractivity (Wildman–Crippen MR) is 97.5 cm³/mol. The first-order valence-electron chi connectivity index (χ1n) is 7.85. The first-order chi connectivity index (χ1) is 11.6. The quantitative estimate of drug-likeness (QED) is 0.763. The number of allylic oxidation sites excluding steroid dienone is 1. The van der Waals surface area contributed by atoms with Gasteiger partial charge in [0, 0.05) is 12.6 Å². The predicted octanol–water partition coefficient (Wildman–Crippen LogP) is 3.65. The van der Waals surface area contributed by atoms with Crippen LogP contribution in [-0.2, 0) is 11.2 Å². The Kier molecular flexibility index (Phi) is 6.37. The topological polar surface area (TPSA) is 63.2 Å². The van der Waals surface area contributed by atoms with E-state index in [-0.39, 0.29) is 5.91 Å². The van der Waals surface area contributed by atoms with Gasteiger partial charge < -0.3 is 15.4 Å². The molecule has 5 heteroatoms. The van der Waals surface area contributed by atoms with Gasteiger partial charge in [-0.2, -0.15) is 0 Å². The van der Waals surface area contributed by atoms with Gasteiger partial charge in [-0.05, 0) is 50.1 Å². The van der Waals surface area contributed by atoms with Crippen LogP contribution in [0.2, 0.25) is 0 Å². The smallest absolute Gasteiger partial charge is 0.248 e. The zero-order valence-electron chi connectivity index (χ0n) is 14.3. The van der Waals surface area contributed by atoms with Crippen LogP contribution in [0.15, 0.2) is 54.2 Å². The lowest BCUT2D eigenvalue weighted by atomic mass is 10.1. The van der Waals surface area contributed by atoms with Gasteiger partial charge in [-0.3, -0.25) is 4.79 Å².